The van der Waals surface area contributed by atoms with Crippen LogP contribution in [0.2, 0.25) is 0 Å². The van der Waals surface area contributed by atoms with Crippen LogP contribution in [0.25, 0.3) is 0 Å². The second-order valence-electron chi connectivity index (χ2n) is 4.40. The van der Waals surface area contributed by atoms with Gasteiger partial charge in [0.1, 0.15) is 0 Å². The number of aryl methyl sites for hydroxylation is 1. The van der Waals surface area contributed by atoms with Crippen molar-refractivity contribution < 1.29 is 18.0 Å². The van der Waals surface area contributed by atoms with Crippen molar-refractivity contribution in [2.24, 2.45) is 0 Å². The highest BCUT2D eigenvalue weighted by Gasteiger charge is 2.15. The summed E-state index contributed by atoms with van der Waals surface area (Å²) in [4.78, 5) is 22.8. The molecule has 0 saturated carbocycles. The van der Waals surface area contributed by atoms with E-state index in [0.29, 0.717) is 0 Å². The predicted octanol–water partition coefficient (Wildman–Crippen LogP) is -0.861. The maximum Gasteiger partial charge on any atom is 0.241 e. The highest BCUT2D eigenvalue weighted by atomic mass is 32.2. The molecule has 1 rings (SSSR count). The lowest BCUT2D eigenvalue weighted by molar-refractivity contribution is -0.125. The van der Waals surface area contributed by atoms with Crippen molar-refractivity contribution in [1.29, 1.82) is 0 Å². The number of terminal acetylenes is 1. The van der Waals surface area contributed by atoms with Crippen molar-refractivity contribution in [3.8, 4) is 12.3 Å². The Labute approximate surface area is 129 Å². The number of rotatable bonds is 7. The van der Waals surface area contributed by atoms with E-state index in [4.69, 9.17) is 6.42 Å². The molecule has 22 heavy (non-hydrogen) atoms. The number of nitrogens with one attached hydrogen (secondary N) is 3. The van der Waals surface area contributed by atoms with E-state index in [2.05, 4.69) is 21.3 Å². The normalized spacial score (nSPS) is 10.5. The van der Waals surface area contributed by atoms with Crippen LogP contribution in [0.3, 0.4) is 0 Å². The third-order valence-electron chi connectivity index (χ3n) is 2.59. The molecule has 1 aromatic carbocycles. The van der Waals surface area contributed by atoms with E-state index in [1.165, 1.54) is 12.1 Å². The van der Waals surface area contributed by atoms with Gasteiger partial charge >= 0.3 is 0 Å². The molecule has 0 atom stereocenters. The van der Waals surface area contributed by atoms with Crippen molar-refractivity contribution in [2.75, 3.05) is 19.6 Å². The molecule has 0 unspecified atom stereocenters. The van der Waals surface area contributed by atoms with Gasteiger partial charge in [0, 0.05) is 0 Å². The largest absolute Gasteiger partial charge is 0.346 e. The van der Waals surface area contributed by atoms with Gasteiger partial charge in [0.15, 0.2) is 0 Å². The number of benzene rings is 1. The van der Waals surface area contributed by atoms with Crippen LogP contribution in [-0.4, -0.2) is 39.9 Å². The van der Waals surface area contributed by atoms with Crippen LogP contribution in [-0.2, 0) is 19.6 Å². The molecule has 8 heteroatoms. The van der Waals surface area contributed by atoms with Gasteiger partial charge < -0.3 is 10.6 Å². The zero-order valence-corrected chi connectivity index (χ0v) is 12.9. The Bertz CT molecular complexity index is 675. The highest BCUT2D eigenvalue weighted by Crippen LogP contribution is 2.09. The quantitative estimate of drug-likeness (QED) is 0.568. The molecular weight excluding hydrogens is 306 g/mol. The summed E-state index contributed by atoms with van der Waals surface area (Å²) in [6.45, 7) is 1.17. The van der Waals surface area contributed by atoms with Crippen molar-refractivity contribution in [1.82, 2.24) is 15.4 Å². The molecule has 0 aromatic heterocycles. The fourth-order valence-corrected chi connectivity index (χ4v) is 2.40. The van der Waals surface area contributed by atoms with Crippen LogP contribution in [0, 0.1) is 19.3 Å². The molecule has 1 aromatic rings. The zero-order valence-electron chi connectivity index (χ0n) is 12.0. The maximum atomic E-state index is 11.9. The van der Waals surface area contributed by atoms with Crippen LogP contribution in [0.15, 0.2) is 29.2 Å². The number of sulfonamides is 1. The lowest BCUT2D eigenvalue weighted by Gasteiger charge is -2.08. The number of amides is 2. The molecule has 3 N–H and O–H groups in total. The standard InChI is InChI=1S/C14H17N3O4S/c1-3-8-15-13(18)9-16-14(19)10-17-22(20,21)12-6-4-11(2)5-7-12/h1,4-7,17H,8-10H2,2H3,(H,15,18)(H,16,19). The fraction of sp³-hybridized carbons (Fsp3) is 0.286. The minimum absolute atomic E-state index is 0.0642. The second-order valence-corrected chi connectivity index (χ2v) is 6.16. The third kappa shape index (κ3) is 5.95. The zero-order chi connectivity index (χ0) is 16.6. The first kappa shape index (κ1) is 17.7. The first-order valence-corrected chi connectivity index (χ1v) is 7.86. The van der Waals surface area contributed by atoms with Crippen molar-refractivity contribution in [2.45, 2.75) is 11.8 Å². The van der Waals surface area contributed by atoms with Gasteiger partial charge in [0.2, 0.25) is 21.8 Å². The van der Waals surface area contributed by atoms with Gasteiger partial charge in [-0.1, -0.05) is 23.6 Å². The molecule has 7 nitrogen and oxygen atoms in total. The molecule has 0 radical (unpaired) electrons. The lowest BCUT2D eigenvalue weighted by atomic mass is 10.2. The summed E-state index contributed by atoms with van der Waals surface area (Å²) in [7, 11) is -3.76. The Balaban J connectivity index is 2.45. The summed E-state index contributed by atoms with van der Waals surface area (Å²) in [6, 6.07) is 6.21. The summed E-state index contributed by atoms with van der Waals surface area (Å²) in [5.41, 5.74) is 0.926. The first-order valence-electron chi connectivity index (χ1n) is 6.38. The summed E-state index contributed by atoms with van der Waals surface area (Å²) >= 11 is 0. The molecule has 0 aliphatic heterocycles. The average Bonchev–Trinajstić information content (AvgIpc) is 2.49. The average molecular weight is 323 g/mol. The monoisotopic (exact) mass is 323 g/mol. The fourth-order valence-electron chi connectivity index (χ4n) is 1.41. The molecule has 0 bridgehead atoms. The van der Waals surface area contributed by atoms with Crippen LogP contribution in [0.5, 0.6) is 0 Å². The SMILES string of the molecule is C#CCNC(=O)CNC(=O)CNS(=O)(=O)c1ccc(C)cc1. The van der Waals surface area contributed by atoms with Crippen LogP contribution >= 0.6 is 0 Å². The van der Waals surface area contributed by atoms with E-state index in [0.717, 1.165) is 5.56 Å². The Kier molecular flexibility index (Phi) is 6.56. The molecule has 0 fully saturated rings. The summed E-state index contributed by atoms with van der Waals surface area (Å²) in [6.07, 6.45) is 4.96. The Morgan fingerprint density at radius 3 is 2.27 bits per heavy atom. The van der Waals surface area contributed by atoms with Crippen molar-refractivity contribution >= 4 is 21.8 Å². The molecule has 0 spiro atoms. The first-order chi connectivity index (χ1) is 10.3. The van der Waals surface area contributed by atoms with E-state index >= 15 is 0 Å². The Hall–Kier alpha value is -2.37. The minimum atomic E-state index is -3.76. The lowest BCUT2D eigenvalue weighted by Crippen LogP contribution is -2.42. The number of hydrogen-bond acceptors (Lipinski definition) is 4. The molecule has 2 amide bonds. The van der Waals surface area contributed by atoms with Crippen LogP contribution in [0.4, 0.5) is 0 Å². The van der Waals surface area contributed by atoms with E-state index in [9.17, 15) is 18.0 Å². The molecule has 0 heterocycles. The molecule has 0 aliphatic rings. The molecule has 0 saturated heterocycles. The Morgan fingerprint density at radius 1 is 1.09 bits per heavy atom. The van der Waals surface area contributed by atoms with Crippen LogP contribution < -0.4 is 15.4 Å². The summed E-state index contributed by atoms with van der Waals surface area (Å²) in [5, 5.41) is 4.64. The second kappa shape index (κ2) is 8.17. The number of carbonyl (C=O) groups excluding carboxylic acids is 2. The smallest absolute Gasteiger partial charge is 0.241 e. The highest BCUT2D eigenvalue weighted by molar-refractivity contribution is 7.89. The summed E-state index contributed by atoms with van der Waals surface area (Å²) < 4.78 is 26.0. The number of hydrogen-bond donors (Lipinski definition) is 3. The molecule has 118 valence electrons. The van der Waals surface area contributed by atoms with Gasteiger partial charge in [-0.25, -0.2) is 13.1 Å². The van der Waals surface area contributed by atoms with Gasteiger partial charge in [-0.3, -0.25) is 9.59 Å². The van der Waals surface area contributed by atoms with Gasteiger partial charge in [-0.05, 0) is 19.1 Å². The van der Waals surface area contributed by atoms with Crippen molar-refractivity contribution in [3.63, 3.8) is 0 Å². The Morgan fingerprint density at radius 2 is 1.68 bits per heavy atom. The van der Waals surface area contributed by atoms with E-state index in [-0.39, 0.29) is 18.0 Å². The van der Waals surface area contributed by atoms with E-state index in [1.54, 1.807) is 12.1 Å². The predicted molar refractivity (Wildman–Crippen MR) is 81.2 cm³/mol. The third-order valence-corrected chi connectivity index (χ3v) is 4.00. The van der Waals surface area contributed by atoms with Gasteiger partial charge in [-0.15, -0.1) is 6.42 Å². The molecule has 0 aliphatic carbocycles. The molecular formula is C14H17N3O4S. The number of carbonyl (C=O) groups is 2. The minimum Gasteiger partial charge on any atom is -0.346 e. The summed E-state index contributed by atoms with van der Waals surface area (Å²) in [5.74, 6) is 1.15. The van der Waals surface area contributed by atoms with Crippen LogP contribution in [0.1, 0.15) is 5.56 Å². The van der Waals surface area contributed by atoms with E-state index < -0.39 is 28.4 Å². The van der Waals surface area contributed by atoms with Gasteiger partial charge in [0.05, 0.1) is 24.5 Å². The maximum absolute atomic E-state index is 11.9. The van der Waals surface area contributed by atoms with Crippen molar-refractivity contribution in [3.05, 3.63) is 29.8 Å². The topological polar surface area (TPSA) is 104 Å². The van der Waals surface area contributed by atoms with Gasteiger partial charge in [-0.2, -0.15) is 0 Å². The van der Waals surface area contributed by atoms with Gasteiger partial charge in [0.25, 0.3) is 0 Å². The van der Waals surface area contributed by atoms with E-state index in [1.807, 2.05) is 6.92 Å².